The third kappa shape index (κ3) is 4.07. The number of methoxy groups -OCH3 is 1. The topological polar surface area (TPSA) is 80.3 Å². The molecule has 0 radical (unpaired) electrons. The van der Waals surface area contributed by atoms with E-state index in [2.05, 4.69) is 15.6 Å². The van der Waals surface area contributed by atoms with E-state index in [9.17, 15) is 9.59 Å². The highest BCUT2D eigenvalue weighted by atomic mass is 32.1. The summed E-state index contributed by atoms with van der Waals surface area (Å²) >= 11 is 1.18. The van der Waals surface area contributed by atoms with Crippen LogP contribution >= 0.6 is 11.3 Å². The predicted molar refractivity (Wildman–Crippen MR) is 86.8 cm³/mol. The first-order chi connectivity index (χ1) is 11.2. The fraction of sp³-hybridized carbons (Fsp3) is 0.312. The number of carbonyl (C=O) groups excluding carboxylic acids is 2. The number of aromatic nitrogens is 1. The number of hydrogen-bond donors (Lipinski definition) is 2. The van der Waals surface area contributed by atoms with E-state index in [1.807, 2.05) is 24.3 Å². The number of benzene rings is 1. The summed E-state index contributed by atoms with van der Waals surface area (Å²) in [5.74, 6) is 0.239. The summed E-state index contributed by atoms with van der Waals surface area (Å²) in [6, 6.07) is 7.74. The van der Waals surface area contributed by atoms with Gasteiger partial charge in [0.05, 0.1) is 7.11 Å². The molecule has 1 saturated carbocycles. The number of nitrogens with one attached hydrogen (secondary N) is 2. The molecule has 0 atom stereocenters. The third-order valence-corrected chi connectivity index (χ3v) is 4.27. The van der Waals surface area contributed by atoms with Gasteiger partial charge in [0.2, 0.25) is 0 Å². The zero-order chi connectivity index (χ0) is 16.2. The quantitative estimate of drug-likeness (QED) is 0.848. The van der Waals surface area contributed by atoms with Gasteiger partial charge in [-0.15, -0.1) is 11.3 Å². The monoisotopic (exact) mass is 331 g/mol. The van der Waals surface area contributed by atoms with Gasteiger partial charge < -0.3 is 15.4 Å². The normalized spacial score (nSPS) is 13.4. The number of carbonyl (C=O) groups is 2. The molecular weight excluding hydrogens is 314 g/mol. The summed E-state index contributed by atoms with van der Waals surface area (Å²) in [4.78, 5) is 28.1. The SMILES string of the molecule is COc1cccc(CNC(=O)c2csc(C(=O)NC3CC3)n2)c1. The fourth-order valence-electron chi connectivity index (χ4n) is 2.01. The van der Waals surface area contributed by atoms with Crippen LogP contribution < -0.4 is 15.4 Å². The first-order valence-electron chi connectivity index (χ1n) is 7.33. The molecule has 0 bridgehead atoms. The molecule has 2 N–H and O–H groups in total. The van der Waals surface area contributed by atoms with Crippen LogP contribution in [0.15, 0.2) is 29.6 Å². The van der Waals surface area contributed by atoms with Gasteiger partial charge in [-0.25, -0.2) is 4.98 Å². The summed E-state index contributed by atoms with van der Waals surface area (Å²) in [6.07, 6.45) is 2.04. The van der Waals surface area contributed by atoms with Crippen LogP contribution in [0.4, 0.5) is 0 Å². The number of rotatable bonds is 6. The van der Waals surface area contributed by atoms with Crippen LogP contribution in [0, 0.1) is 0 Å². The molecule has 3 rings (SSSR count). The van der Waals surface area contributed by atoms with Crippen molar-refractivity contribution in [1.29, 1.82) is 0 Å². The second kappa shape index (κ2) is 6.78. The van der Waals surface area contributed by atoms with Gasteiger partial charge >= 0.3 is 0 Å². The van der Waals surface area contributed by atoms with Crippen LogP contribution in [0.3, 0.4) is 0 Å². The van der Waals surface area contributed by atoms with Crippen molar-refractivity contribution < 1.29 is 14.3 Å². The lowest BCUT2D eigenvalue weighted by Crippen LogP contribution is -2.26. The largest absolute Gasteiger partial charge is 0.497 e. The minimum atomic E-state index is -0.297. The van der Waals surface area contributed by atoms with Crippen LogP contribution in [-0.2, 0) is 6.54 Å². The van der Waals surface area contributed by atoms with Crippen molar-refractivity contribution in [2.45, 2.75) is 25.4 Å². The molecule has 7 heteroatoms. The van der Waals surface area contributed by atoms with Gasteiger partial charge in [-0.05, 0) is 30.5 Å². The van der Waals surface area contributed by atoms with Gasteiger partial charge in [0.1, 0.15) is 11.4 Å². The van der Waals surface area contributed by atoms with Gasteiger partial charge in [-0.3, -0.25) is 9.59 Å². The maximum absolute atomic E-state index is 12.1. The Morgan fingerprint density at radius 1 is 1.35 bits per heavy atom. The highest BCUT2D eigenvalue weighted by Crippen LogP contribution is 2.20. The zero-order valence-electron chi connectivity index (χ0n) is 12.7. The van der Waals surface area contributed by atoms with E-state index < -0.39 is 0 Å². The second-order valence-corrected chi connectivity index (χ2v) is 6.18. The van der Waals surface area contributed by atoms with Crippen molar-refractivity contribution >= 4 is 23.2 Å². The van der Waals surface area contributed by atoms with Crippen molar-refractivity contribution in [3.63, 3.8) is 0 Å². The van der Waals surface area contributed by atoms with Gasteiger partial charge in [0.15, 0.2) is 5.01 Å². The molecule has 0 saturated heterocycles. The Kier molecular flexibility index (Phi) is 4.57. The van der Waals surface area contributed by atoms with E-state index in [4.69, 9.17) is 4.74 Å². The molecule has 1 fully saturated rings. The predicted octanol–water partition coefficient (Wildman–Crippen LogP) is 1.97. The molecule has 2 amide bonds. The summed E-state index contributed by atoms with van der Waals surface area (Å²) in [7, 11) is 1.60. The molecule has 1 aliphatic carbocycles. The Labute approximate surface area is 137 Å². The van der Waals surface area contributed by atoms with Crippen LogP contribution in [0.5, 0.6) is 5.75 Å². The number of hydrogen-bond acceptors (Lipinski definition) is 5. The molecule has 6 nitrogen and oxygen atoms in total. The molecule has 0 unspecified atom stereocenters. The molecule has 23 heavy (non-hydrogen) atoms. The average molecular weight is 331 g/mol. The number of ether oxygens (including phenoxy) is 1. The highest BCUT2D eigenvalue weighted by Gasteiger charge is 2.25. The van der Waals surface area contributed by atoms with Gasteiger partial charge in [-0.2, -0.15) is 0 Å². The van der Waals surface area contributed by atoms with E-state index in [-0.39, 0.29) is 23.6 Å². The fourth-order valence-corrected chi connectivity index (χ4v) is 2.71. The van der Waals surface area contributed by atoms with Crippen molar-refractivity contribution in [2.24, 2.45) is 0 Å². The molecule has 0 spiro atoms. The van der Waals surface area contributed by atoms with Crippen molar-refractivity contribution in [2.75, 3.05) is 7.11 Å². The van der Waals surface area contributed by atoms with Crippen molar-refractivity contribution in [3.8, 4) is 5.75 Å². The molecule has 2 aromatic rings. The Morgan fingerprint density at radius 3 is 2.91 bits per heavy atom. The van der Waals surface area contributed by atoms with E-state index in [0.717, 1.165) is 24.2 Å². The lowest BCUT2D eigenvalue weighted by Gasteiger charge is -2.05. The Balaban J connectivity index is 1.57. The minimum Gasteiger partial charge on any atom is -0.497 e. The molecule has 0 aliphatic heterocycles. The summed E-state index contributed by atoms with van der Waals surface area (Å²) < 4.78 is 5.14. The first kappa shape index (κ1) is 15.5. The molecule has 120 valence electrons. The van der Waals surface area contributed by atoms with Crippen LogP contribution in [-0.4, -0.2) is 29.9 Å². The zero-order valence-corrected chi connectivity index (χ0v) is 13.5. The third-order valence-electron chi connectivity index (χ3n) is 3.43. The molecule has 1 aliphatic rings. The van der Waals surface area contributed by atoms with Gasteiger partial charge in [0.25, 0.3) is 11.8 Å². The van der Waals surface area contributed by atoms with E-state index in [1.54, 1.807) is 12.5 Å². The van der Waals surface area contributed by atoms with E-state index >= 15 is 0 Å². The minimum absolute atomic E-state index is 0.204. The summed E-state index contributed by atoms with van der Waals surface area (Å²) in [5.41, 5.74) is 1.19. The Morgan fingerprint density at radius 2 is 2.17 bits per heavy atom. The smallest absolute Gasteiger partial charge is 0.280 e. The average Bonchev–Trinajstić information content (AvgIpc) is 3.24. The number of amides is 2. The van der Waals surface area contributed by atoms with Crippen molar-refractivity contribution in [3.05, 3.63) is 45.9 Å². The van der Waals surface area contributed by atoms with E-state index in [0.29, 0.717) is 11.6 Å². The first-order valence-corrected chi connectivity index (χ1v) is 8.21. The number of thiazole rings is 1. The lowest BCUT2D eigenvalue weighted by molar-refractivity contribution is 0.0945. The molecular formula is C16H17N3O3S. The van der Waals surface area contributed by atoms with Gasteiger partial charge in [0, 0.05) is 18.0 Å². The summed E-state index contributed by atoms with van der Waals surface area (Å²) in [5, 5.41) is 7.57. The lowest BCUT2D eigenvalue weighted by atomic mass is 10.2. The molecule has 1 aromatic heterocycles. The highest BCUT2D eigenvalue weighted by molar-refractivity contribution is 7.11. The molecule has 1 heterocycles. The van der Waals surface area contributed by atoms with Crippen molar-refractivity contribution in [1.82, 2.24) is 15.6 Å². The number of nitrogens with zero attached hydrogens (tertiary/aromatic N) is 1. The Hall–Kier alpha value is -2.41. The maximum Gasteiger partial charge on any atom is 0.280 e. The summed E-state index contributed by atoms with van der Waals surface area (Å²) in [6.45, 7) is 0.372. The van der Waals surface area contributed by atoms with Gasteiger partial charge in [-0.1, -0.05) is 12.1 Å². The molecule has 1 aromatic carbocycles. The van der Waals surface area contributed by atoms with E-state index in [1.165, 1.54) is 11.3 Å². The Bertz CT molecular complexity index is 725. The standard InChI is InChI=1S/C16H17N3O3S/c1-22-12-4-2-3-10(7-12)8-17-14(20)13-9-23-16(19-13)15(21)18-11-5-6-11/h2-4,7,9,11H,5-6,8H2,1H3,(H,17,20)(H,18,21). The second-order valence-electron chi connectivity index (χ2n) is 5.32. The van der Waals surface area contributed by atoms with Crippen LogP contribution in [0.25, 0.3) is 0 Å². The van der Waals surface area contributed by atoms with Crippen LogP contribution in [0.2, 0.25) is 0 Å². The van der Waals surface area contributed by atoms with Crippen LogP contribution in [0.1, 0.15) is 38.7 Å². The maximum atomic E-state index is 12.1.